The van der Waals surface area contributed by atoms with Crippen LogP contribution in [-0.2, 0) is 17.7 Å². The Bertz CT molecular complexity index is 435. The highest BCUT2D eigenvalue weighted by Gasteiger charge is 2.02. The third-order valence-corrected chi connectivity index (χ3v) is 3.09. The molecule has 23 heavy (non-hydrogen) atoms. The highest BCUT2D eigenvalue weighted by Crippen LogP contribution is 1.95. The maximum Gasteiger partial charge on any atom is 0.191 e. The smallest absolute Gasteiger partial charge is 0.191 e. The Balaban J connectivity index is 0.00000484. The van der Waals surface area contributed by atoms with E-state index >= 15 is 0 Å². The van der Waals surface area contributed by atoms with Gasteiger partial charge in [-0.2, -0.15) is 0 Å². The summed E-state index contributed by atoms with van der Waals surface area (Å²) in [6, 6.07) is 0. The van der Waals surface area contributed by atoms with Gasteiger partial charge in [-0.3, -0.25) is 4.99 Å². The second kappa shape index (κ2) is 13.5. The Hall–Kier alpha value is -0.900. The van der Waals surface area contributed by atoms with Crippen LogP contribution in [0, 0.1) is 5.92 Å². The van der Waals surface area contributed by atoms with Gasteiger partial charge in [-0.25, -0.2) is 0 Å². The predicted octanol–water partition coefficient (Wildman–Crippen LogP) is 1.69. The molecule has 1 aromatic heterocycles. The Kier molecular flexibility index (Phi) is 13.0. The minimum atomic E-state index is 0. The summed E-state index contributed by atoms with van der Waals surface area (Å²) in [5.74, 6) is 2.41. The van der Waals surface area contributed by atoms with Gasteiger partial charge in [0, 0.05) is 46.3 Å². The summed E-state index contributed by atoms with van der Waals surface area (Å²) >= 11 is 0. The van der Waals surface area contributed by atoms with Crippen molar-refractivity contribution in [3.63, 3.8) is 0 Å². The third kappa shape index (κ3) is 9.75. The van der Waals surface area contributed by atoms with E-state index in [9.17, 15) is 0 Å². The lowest BCUT2D eigenvalue weighted by Crippen LogP contribution is -2.39. The zero-order valence-electron chi connectivity index (χ0n) is 14.7. The maximum atomic E-state index is 5.55. The van der Waals surface area contributed by atoms with Crippen LogP contribution >= 0.6 is 24.0 Å². The van der Waals surface area contributed by atoms with Gasteiger partial charge in [0.25, 0.3) is 0 Å². The van der Waals surface area contributed by atoms with Crippen LogP contribution < -0.4 is 10.6 Å². The summed E-state index contributed by atoms with van der Waals surface area (Å²) in [7, 11) is 1.78. The molecule has 0 aliphatic carbocycles. The SMILES string of the molecule is CCc1nncn1CCNC(=NC)NCCCOCC(C)C.I. The molecule has 0 saturated carbocycles. The fourth-order valence-corrected chi connectivity index (χ4v) is 1.95. The summed E-state index contributed by atoms with van der Waals surface area (Å²) in [5, 5.41) is 14.6. The van der Waals surface area contributed by atoms with Crippen LogP contribution in [0.4, 0.5) is 0 Å². The number of halogens is 1. The molecule has 0 aromatic carbocycles. The summed E-state index contributed by atoms with van der Waals surface area (Å²) in [6.45, 7) is 10.5. The van der Waals surface area contributed by atoms with Crippen molar-refractivity contribution in [2.75, 3.05) is 33.4 Å². The molecule has 0 bridgehead atoms. The van der Waals surface area contributed by atoms with Crippen molar-refractivity contribution in [3.05, 3.63) is 12.2 Å². The molecular weight excluding hydrogens is 407 g/mol. The van der Waals surface area contributed by atoms with Crippen molar-refractivity contribution in [1.29, 1.82) is 0 Å². The quantitative estimate of drug-likeness (QED) is 0.252. The number of hydrogen-bond donors (Lipinski definition) is 2. The molecule has 0 amide bonds. The van der Waals surface area contributed by atoms with E-state index in [1.54, 1.807) is 13.4 Å². The number of guanidine groups is 1. The highest BCUT2D eigenvalue weighted by molar-refractivity contribution is 14.0. The first-order chi connectivity index (χ1) is 10.7. The van der Waals surface area contributed by atoms with Crippen LogP contribution in [0.5, 0.6) is 0 Å². The van der Waals surface area contributed by atoms with E-state index in [0.717, 1.165) is 57.5 Å². The van der Waals surface area contributed by atoms with Crippen LogP contribution in [0.1, 0.15) is 33.0 Å². The molecule has 7 nitrogen and oxygen atoms in total. The topological polar surface area (TPSA) is 76.4 Å². The lowest BCUT2D eigenvalue weighted by atomic mass is 10.2. The first kappa shape index (κ1) is 22.1. The van der Waals surface area contributed by atoms with Crippen molar-refractivity contribution in [3.8, 4) is 0 Å². The highest BCUT2D eigenvalue weighted by atomic mass is 127. The van der Waals surface area contributed by atoms with Gasteiger partial charge in [-0.15, -0.1) is 34.2 Å². The van der Waals surface area contributed by atoms with Gasteiger partial charge < -0.3 is 19.9 Å². The molecule has 1 rings (SSSR count). The molecule has 0 aliphatic heterocycles. The lowest BCUT2D eigenvalue weighted by molar-refractivity contribution is 0.108. The van der Waals surface area contributed by atoms with Gasteiger partial charge in [-0.1, -0.05) is 20.8 Å². The zero-order valence-corrected chi connectivity index (χ0v) is 17.0. The van der Waals surface area contributed by atoms with Gasteiger partial charge in [0.1, 0.15) is 12.2 Å². The van der Waals surface area contributed by atoms with Crippen LogP contribution in [0.25, 0.3) is 0 Å². The molecule has 2 N–H and O–H groups in total. The summed E-state index contributed by atoms with van der Waals surface area (Å²) in [6.07, 6.45) is 3.63. The fraction of sp³-hybridized carbons (Fsp3) is 0.800. The van der Waals surface area contributed by atoms with Gasteiger partial charge in [0.05, 0.1) is 0 Å². The van der Waals surface area contributed by atoms with E-state index < -0.39 is 0 Å². The van der Waals surface area contributed by atoms with Crippen molar-refractivity contribution in [1.82, 2.24) is 25.4 Å². The van der Waals surface area contributed by atoms with Crippen molar-refractivity contribution >= 4 is 29.9 Å². The van der Waals surface area contributed by atoms with Crippen LogP contribution in [-0.4, -0.2) is 54.1 Å². The summed E-state index contributed by atoms with van der Waals surface area (Å²) < 4.78 is 7.60. The molecule has 0 saturated heterocycles. The first-order valence-corrected chi connectivity index (χ1v) is 8.06. The molecule has 134 valence electrons. The van der Waals surface area contributed by atoms with Gasteiger partial charge in [0.2, 0.25) is 0 Å². The predicted molar refractivity (Wildman–Crippen MR) is 104 cm³/mol. The minimum Gasteiger partial charge on any atom is -0.381 e. The summed E-state index contributed by atoms with van der Waals surface area (Å²) in [5.41, 5.74) is 0. The van der Waals surface area contributed by atoms with E-state index in [0.29, 0.717) is 5.92 Å². The van der Waals surface area contributed by atoms with Crippen LogP contribution in [0.15, 0.2) is 11.3 Å². The van der Waals surface area contributed by atoms with E-state index in [1.807, 2.05) is 0 Å². The lowest BCUT2D eigenvalue weighted by Gasteiger charge is -2.13. The Morgan fingerprint density at radius 3 is 2.74 bits per heavy atom. The number of aromatic nitrogens is 3. The van der Waals surface area contributed by atoms with Gasteiger partial charge in [0.15, 0.2) is 5.96 Å². The molecule has 0 fully saturated rings. The van der Waals surface area contributed by atoms with Crippen molar-refractivity contribution < 1.29 is 4.74 Å². The van der Waals surface area contributed by atoms with Crippen LogP contribution in [0.2, 0.25) is 0 Å². The van der Waals surface area contributed by atoms with E-state index in [4.69, 9.17) is 4.74 Å². The molecule has 0 aliphatic rings. The number of nitrogens with one attached hydrogen (secondary N) is 2. The van der Waals surface area contributed by atoms with Crippen molar-refractivity contribution in [2.45, 2.75) is 40.2 Å². The number of aryl methyl sites for hydroxylation is 1. The fourth-order valence-electron chi connectivity index (χ4n) is 1.95. The summed E-state index contributed by atoms with van der Waals surface area (Å²) in [4.78, 5) is 4.21. The molecule has 0 atom stereocenters. The Morgan fingerprint density at radius 2 is 2.09 bits per heavy atom. The molecule has 1 aromatic rings. The van der Waals surface area contributed by atoms with Crippen molar-refractivity contribution in [2.24, 2.45) is 10.9 Å². The Morgan fingerprint density at radius 1 is 1.35 bits per heavy atom. The minimum absolute atomic E-state index is 0. The molecule has 8 heteroatoms. The second-order valence-corrected chi connectivity index (χ2v) is 5.54. The average Bonchev–Trinajstić information content (AvgIpc) is 2.96. The number of nitrogens with zero attached hydrogens (tertiary/aromatic N) is 4. The second-order valence-electron chi connectivity index (χ2n) is 5.54. The zero-order chi connectivity index (χ0) is 16.2. The van der Waals surface area contributed by atoms with E-state index in [2.05, 4.69) is 51.2 Å². The number of ether oxygens (including phenoxy) is 1. The number of aliphatic imine (C=N–C) groups is 1. The normalized spacial score (nSPS) is 11.4. The van der Waals surface area contributed by atoms with Gasteiger partial charge >= 0.3 is 0 Å². The molecule has 0 spiro atoms. The molecule has 0 unspecified atom stereocenters. The van der Waals surface area contributed by atoms with Gasteiger partial charge in [-0.05, 0) is 12.3 Å². The number of rotatable bonds is 10. The van der Waals surface area contributed by atoms with E-state index in [1.165, 1.54) is 0 Å². The first-order valence-electron chi connectivity index (χ1n) is 8.06. The molecule has 1 heterocycles. The average molecular weight is 438 g/mol. The monoisotopic (exact) mass is 438 g/mol. The third-order valence-electron chi connectivity index (χ3n) is 3.09. The Labute approximate surface area is 156 Å². The molecular formula is C15H31IN6O. The standard InChI is InChI=1S/C15H30N6O.HI/c1-5-14-20-19-12-21(14)9-8-18-15(16-4)17-7-6-10-22-11-13(2)3;/h12-13H,5-11H2,1-4H3,(H2,16,17,18);1H. The largest absolute Gasteiger partial charge is 0.381 e. The van der Waals surface area contributed by atoms with E-state index in [-0.39, 0.29) is 24.0 Å². The number of hydrogen-bond acceptors (Lipinski definition) is 4. The maximum absolute atomic E-state index is 5.55. The van der Waals surface area contributed by atoms with Crippen LogP contribution in [0.3, 0.4) is 0 Å². The molecule has 0 radical (unpaired) electrons.